The van der Waals surface area contributed by atoms with E-state index in [1.807, 2.05) is 18.2 Å². The highest BCUT2D eigenvalue weighted by atomic mass is 19.1. The summed E-state index contributed by atoms with van der Waals surface area (Å²) in [5.41, 5.74) is 3.43. The van der Waals surface area contributed by atoms with E-state index in [0.29, 0.717) is 32.6 Å². The van der Waals surface area contributed by atoms with Crippen molar-refractivity contribution in [2.45, 2.75) is 18.6 Å². The van der Waals surface area contributed by atoms with Gasteiger partial charge in [0.2, 0.25) is 11.8 Å². The Bertz CT molecular complexity index is 981. The number of fused-ring (bicyclic) bond motifs is 1. The van der Waals surface area contributed by atoms with Crippen LogP contribution in [0.15, 0.2) is 48.5 Å². The van der Waals surface area contributed by atoms with E-state index in [1.54, 1.807) is 30.2 Å². The predicted octanol–water partition coefficient (Wildman–Crippen LogP) is 2.76. The lowest BCUT2D eigenvalue weighted by Gasteiger charge is -2.28. The van der Waals surface area contributed by atoms with Crippen LogP contribution >= 0.6 is 0 Å². The van der Waals surface area contributed by atoms with E-state index in [1.165, 1.54) is 18.2 Å². The first-order valence-electron chi connectivity index (χ1n) is 9.86. The third-order valence-corrected chi connectivity index (χ3v) is 5.40. The van der Waals surface area contributed by atoms with E-state index in [4.69, 9.17) is 9.47 Å². The number of hydrogen-bond donors (Lipinski definition) is 1. The molecule has 0 aliphatic carbocycles. The van der Waals surface area contributed by atoms with Crippen LogP contribution in [-0.4, -0.2) is 38.6 Å². The van der Waals surface area contributed by atoms with Crippen LogP contribution in [-0.2, 0) is 31.3 Å². The molecule has 156 valence electrons. The van der Waals surface area contributed by atoms with Crippen molar-refractivity contribution in [3.63, 3.8) is 0 Å². The molecule has 6 nitrogen and oxygen atoms in total. The highest BCUT2D eigenvalue weighted by Crippen LogP contribution is 2.38. The molecule has 1 N–H and O–H groups in total. The zero-order valence-electron chi connectivity index (χ0n) is 16.7. The number of amides is 2. The van der Waals surface area contributed by atoms with Crippen molar-refractivity contribution in [2.24, 2.45) is 0 Å². The number of carbonyl (C=O) groups excluding carboxylic acids is 2. The molecule has 0 saturated carbocycles. The maximum atomic E-state index is 12.9. The number of nitrogens with zero attached hydrogens (tertiary/aromatic N) is 1. The molecule has 2 heterocycles. The molecule has 0 unspecified atom stereocenters. The van der Waals surface area contributed by atoms with Crippen molar-refractivity contribution in [1.82, 2.24) is 5.32 Å². The van der Waals surface area contributed by atoms with Gasteiger partial charge >= 0.3 is 0 Å². The number of carbonyl (C=O) groups is 2. The second-order valence-electron chi connectivity index (χ2n) is 7.35. The smallest absolute Gasteiger partial charge is 0.244 e. The van der Waals surface area contributed by atoms with Crippen molar-refractivity contribution in [3.05, 3.63) is 71.0 Å². The Morgan fingerprint density at radius 2 is 1.93 bits per heavy atom. The van der Waals surface area contributed by atoms with Crippen LogP contribution in [0.5, 0.6) is 0 Å². The van der Waals surface area contributed by atoms with Crippen molar-refractivity contribution in [3.8, 4) is 0 Å². The number of anilines is 1. The van der Waals surface area contributed by atoms with Crippen molar-refractivity contribution >= 4 is 23.6 Å². The Hall–Kier alpha value is -3.03. The van der Waals surface area contributed by atoms with Crippen molar-refractivity contribution < 1.29 is 23.5 Å². The molecule has 0 aromatic heterocycles. The van der Waals surface area contributed by atoms with Gasteiger partial charge in [0.05, 0.1) is 19.6 Å². The molecule has 0 atom stereocenters. The molecule has 30 heavy (non-hydrogen) atoms. The molecule has 2 aromatic rings. The first-order valence-corrected chi connectivity index (χ1v) is 9.86. The number of rotatable bonds is 6. The van der Waals surface area contributed by atoms with E-state index in [0.717, 1.165) is 22.4 Å². The summed E-state index contributed by atoms with van der Waals surface area (Å²) in [7, 11) is 1.77. The van der Waals surface area contributed by atoms with Crippen LogP contribution in [0.4, 0.5) is 10.1 Å². The van der Waals surface area contributed by atoms with Gasteiger partial charge in [-0.2, -0.15) is 0 Å². The van der Waals surface area contributed by atoms with E-state index < -0.39 is 5.79 Å². The number of benzene rings is 2. The first-order chi connectivity index (χ1) is 14.5. The van der Waals surface area contributed by atoms with Gasteiger partial charge in [-0.1, -0.05) is 18.2 Å². The molecule has 1 fully saturated rings. The predicted molar refractivity (Wildman–Crippen MR) is 110 cm³/mol. The van der Waals surface area contributed by atoms with E-state index in [9.17, 15) is 14.0 Å². The molecular weight excluding hydrogens is 387 g/mol. The molecule has 4 rings (SSSR count). The van der Waals surface area contributed by atoms with Crippen LogP contribution in [0.3, 0.4) is 0 Å². The first kappa shape index (κ1) is 20.3. The number of halogens is 1. The minimum Gasteiger partial charge on any atom is -0.352 e. The van der Waals surface area contributed by atoms with E-state index in [-0.39, 0.29) is 17.6 Å². The highest BCUT2D eigenvalue weighted by Gasteiger charge is 2.39. The minimum absolute atomic E-state index is 0.0599. The average molecular weight is 410 g/mol. The summed E-state index contributed by atoms with van der Waals surface area (Å²) < 4.78 is 24.8. The Morgan fingerprint density at radius 3 is 2.67 bits per heavy atom. The van der Waals surface area contributed by atoms with Crippen LogP contribution in [0.2, 0.25) is 0 Å². The largest absolute Gasteiger partial charge is 0.352 e. The Morgan fingerprint density at radius 1 is 1.20 bits per heavy atom. The Balaban J connectivity index is 1.39. The molecule has 2 aromatic carbocycles. The lowest BCUT2D eigenvalue weighted by atomic mass is 9.98. The monoisotopic (exact) mass is 410 g/mol. The van der Waals surface area contributed by atoms with Gasteiger partial charge in [-0.25, -0.2) is 4.39 Å². The molecule has 0 bridgehead atoms. The van der Waals surface area contributed by atoms with Gasteiger partial charge in [0.25, 0.3) is 0 Å². The zero-order chi connectivity index (χ0) is 21.1. The van der Waals surface area contributed by atoms with Gasteiger partial charge in [-0.15, -0.1) is 0 Å². The molecule has 2 aliphatic rings. The fraction of sp³-hybridized carbons (Fsp3) is 0.304. The van der Waals surface area contributed by atoms with Crippen LogP contribution < -0.4 is 10.2 Å². The second kappa shape index (κ2) is 8.38. The lowest BCUT2D eigenvalue weighted by Crippen LogP contribution is -2.33. The second-order valence-corrected chi connectivity index (χ2v) is 7.35. The molecule has 2 aliphatic heterocycles. The SMILES string of the molecule is CN1C(=O)Cc2cc(C3(CCNC(=O)/C=C/c4ccc(F)cc4)OCCO3)ccc21. The van der Waals surface area contributed by atoms with Gasteiger partial charge in [-0.05, 0) is 41.5 Å². The maximum absolute atomic E-state index is 12.9. The summed E-state index contributed by atoms with van der Waals surface area (Å²) in [5, 5.41) is 2.83. The number of nitrogens with one attached hydrogen (secondary N) is 1. The Kier molecular flexibility index (Phi) is 5.65. The molecule has 0 radical (unpaired) electrons. The van der Waals surface area contributed by atoms with Crippen molar-refractivity contribution in [2.75, 3.05) is 31.7 Å². The Labute approximate surface area is 174 Å². The summed E-state index contributed by atoms with van der Waals surface area (Å²) in [4.78, 5) is 25.7. The number of hydrogen-bond acceptors (Lipinski definition) is 4. The summed E-state index contributed by atoms with van der Waals surface area (Å²) in [6, 6.07) is 11.7. The number of likely N-dealkylation sites (N-methyl/N-ethyl adjacent to an activating group) is 1. The maximum Gasteiger partial charge on any atom is 0.244 e. The summed E-state index contributed by atoms with van der Waals surface area (Å²) in [6.45, 7) is 1.28. The molecular formula is C23H23FN2O4. The van der Waals surface area contributed by atoms with Crippen LogP contribution in [0, 0.1) is 5.82 Å². The average Bonchev–Trinajstić information content (AvgIpc) is 3.33. The van der Waals surface area contributed by atoms with Gasteiger partial charge in [0, 0.05) is 37.3 Å². The number of ether oxygens (including phenoxy) is 2. The minimum atomic E-state index is -0.937. The van der Waals surface area contributed by atoms with Crippen LogP contribution in [0.25, 0.3) is 6.08 Å². The summed E-state index contributed by atoms with van der Waals surface area (Å²) in [5.74, 6) is -1.45. The van der Waals surface area contributed by atoms with Gasteiger partial charge < -0.3 is 19.7 Å². The van der Waals surface area contributed by atoms with Crippen molar-refractivity contribution in [1.29, 1.82) is 0 Å². The zero-order valence-corrected chi connectivity index (χ0v) is 16.7. The summed E-state index contributed by atoms with van der Waals surface area (Å²) >= 11 is 0. The topological polar surface area (TPSA) is 67.9 Å². The van der Waals surface area contributed by atoms with Crippen LogP contribution in [0.1, 0.15) is 23.1 Å². The molecule has 1 saturated heterocycles. The molecule has 7 heteroatoms. The van der Waals surface area contributed by atoms with Gasteiger partial charge in [0.15, 0.2) is 5.79 Å². The molecule has 0 spiro atoms. The molecule has 2 amide bonds. The lowest BCUT2D eigenvalue weighted by molar-refractivity contribution is -0.170. The standard InChI is InChI=1S/C23H23FN2O4/c1-26-20-8-5-18(14-17(20)15-22(26)28)23(29-12-13-30-23)10-11-25-21(27)9-4-16-2-6-19(24)7-3-16/h2-9,14H,10-13,15H2,1H3,(H,25,27)/b9-4+. The fourth-order valence-electron chi connectivity index (χ4n) is 3.77. The van der Waals surface area contributed by atoms with Gasteiger partial charge in [-0.3, -0.25) is 9.59 Å². The summed E-state index contributed by atoms with van der Waals surface area (Å²) in [6.07, 6.45) is 3.83. The van der Waals surface area contributed by atoms with Gasteiger partial charge in [0.1, 0.15) is 5.82 Å². The van der Waals surface area contributed by atoms with E-state index >= 15 is 0 Å². The quantitative estimate of drug-likeness (QED) is 0.744. The highest BCUT2D eigenvalue weighted by molar-refractivity contribution is 6.01. The fourth-order valence-corrected chi connectivity index (χ4v) is 3.77. The van der Waals surface area contributed by atoms with E-state index in [2.05, 4.69) is 5.32 Å². The third-order valence-electron chi connectivity index (χ3n) is 5.40. The normalized spacial score (nSPS) is 17.5. The third kappa shape index (κ3) is 4.13.